The third-order valence-electron chi connectivity index (χ3n) is 19.2. The standard InChI is InChI=1S/C75H139NO18/c1-3-5-7-9-11-13-15-17-19-21-22-23-24-25-26-27-28-29-30-31-32-33-34-35-36-37-39-41-43-45-47-49-51-53-63(81)76-58(59(80)52-50-48-46-44-42-40-38-20-18-16-14-12-10-8-6-4-2)57-89-73-69(87)66(84)71(61(55-78)91-73)94-75-70(88)67(85)72(62(56-79)92-75)93-74-68(86)65(83)64(82)60(54-77)90-74/h18,20,42,44,50,52,58-62,64-75,77-80,82-88H,3-17,19,21-41,43,45-49,51,53-57H2,1-2H3,(H,76,81)/b20-18+,44-42+,52-50+. The van der Waals surface area contributed by atoms with Crippen molar-refractivity contribution in [3.8, 4) is 0 Å². The molecule has 19 heteroatoms. The van der Waals surface area contributed by atoms with Crippen molar-refractivity contribution >= 4 is 5.91 Å². The summed E-state index contributed by atoms with van der Waals surface area (Å²) in [6, 6.07) is -0.994. The number of carbonyl (C=O) groups is 1. The third kappa shape index (κ3) is 37.4. The van der Waals surface area contributed by atoms with Gasteiger partial charge in [-0.2, -0.15) is 0 Å². The smallest absolute Gasteiger partial charge is 0.220 e. The van der Waals surface area contributed by atoms with Crippen molar-refractivity contribution in [3.63, 3.8) is 0 Å². The second-order valence-electron chi connectivity index (χ2n) is 27.5. The first-order chi connectivity index (χ1) is 45.8. The molecule has 3 heterocycles. The maximum absolute atomic E-state index is 13.4. The Hall–Kier alpha value is -1.99. The van der Waals surface area contributed by atoms with Crippen molar-refractivity contribution in [3.05, 3.63) is 36.5 Å². The maximum Gasteiger partial charge on any atom is 0.220 e. The zero-order valence-corrected chi connectivity index (χ0v) is 58.7. The molecule has 3 rings (SSSR count). The quantitative estimate of drug-likeness (QED) is 0.0199. The van der Waals surface area contributed by atoms with Gasteiger partial charge in [-0.15, -0.1) is 0 Å². The molecule has 3 aliphatic heterocycles. The van der Waals surface area contributed by atoms with E-state index in [4.69, 9.17) is 28.4 Å². The van der Waals surface area contributed by atoms with Crippen molar-refractivity contribution in [1.29, 1.82) is 0 Å². The average molecular weight is 1340 g/mol. The zero-order valence-electron chi connectivity index (χ0n) is 58.7. The highest BCUT2D eigenvalue weighted by Gasteiger charge is 2.53. The lowest BCUT2D eigenvalue weighted by Crippen LogP contribution is -2.66. The van der Waals surface area contributed by atoms with E-state index in [1.807, 2.05) is 6.08 Å². The summed E-state index contributed by atoms with van der Waals surface area (Å²) in [7, 11) is 0. The zero-order chi connectivity index (χ0) is 68.2. The Bertz CT molecular complexity index is 1840. The number of aliphatic hydroxyl groups excluding tert-OH is 11. The van der Waals surface area contributed by atoms with Gasteiger partial charge in [-0.05, 0) is 44.9 Å². The normalized spacial score (nSPS) is 27.5. The van der Waals surface area contributed by atoms with Crippen LogP contribution in [0, 0.1) is 0 Å². The molecule has 94 heavy (non-hydrogen) atoms. The summed E-state index contributed by atoms with van der Waals surface area (Å²) in [5.74, 6) is -0.284. The van der Waals surface area contributed by atoms with E-state index in [0.717, 1.165) is 44.9 Å². The van der Waals surface area contributed by atoms with Gasteiger partial charge in [-0.3, -0.25) is 4.79 Å². The summed E-state index contributed by atoms with van der Waals surface area (Å²) >= 11 is 0. The molecular weight excluding hydrogens is 1200 g/mol. The van der Waals surface area contributed by atoms with Crippen LogP contribution < -0.4 is 5.32 Å². The Balaban J connectivity index is 1.35. The molecule has 3 saturated heterocycles. The van der Waals surface area contributed by atoms with E-state index >= 15 is 0 Å². The van der Waals surface area contributed by atoms with Crippen molar-refractivity contribution < 1.29 is 89.4 Å². The predicted molar refractivity (Wildman–Crippen MR) is 369 cm³/mol. The second-order valence-corrected chi connectivity index (χ2v) is 27.5. The molecule has 0 bridgehead atoms. The highest BCUT2D eigenvalue weighted by molar-refractivity contribution is 5.76. The minimum absolute atomic E-state index is 0.236. The van der Waals surface area contributed by atoms with Gasteiger partial charge in [0.2, 0.25) is 5.91 Å². The molecular formula is C75H139NO18. The van der Waals surface area contributed by atoms with Crippen LogP contribution in [0.4, 0.5) is 0 Å². The number of carbonyl (C=O) groups excluding carboxylic acids is 1. The van der Waals surface area contributed by atoms with Crippen LogP contribution in [-0.2, 0) is 33.2 Å². The molecule has 3 aliphatic rings. The number of allylic oxidation sites excluding steroid dienone is 5. The van der Waals surface area contributed by atoms with Gasteiger partial charge in [-0.1, -0.05) is 288 Å². The van der Waals surface area contributed by atoms with Gasteiger partial charge < -0.3 is 89.9 Å². The minimum atomic E-state index is -1.98. The summed E-state index contributed by atoms with van der Waals surface area (Å²) < 4.78 is 34.4. The number of hydrogen-bond donors (Lipinski definition) is 12. The first-order valence-corrected chi connectivity index (χ1v) is 38.2. The number of rotatable bonds is 60. The van der Waals surface area contributed by atoms with Gasteiger partial charge in [0.05, 0.1) is 38.6 Å². The van der Waals surface area contributed by atoms with Crippen LogP contribution in [-0.4, -0.2) is 193 Å². The topological polar surface area (TPSA) is 307 Å². The Morgan fingerprint density at radius 3 is 1.06 bits per heavy atom. The van der Waals surface area contributed by atoms with Crippen LogP contribution in [0.3, 0.4) is 0 Å². The summed E-state index contributed by atoms with van der Waals surface area (Å²) in [6.45, 7) is 1.73. The van der Waals surface area contributed by atoms with Crippen molar-refractivity contribution in [2.24, 2.45) is 0 Å². The summed E-state index contributed by atoms with van der Waals surface area (Å²) in [4.78, 5) is 13.4. The van der Waals surface area contributed by atoms with Crippen LogP contribution in [0.25, 0.3) is 0 Å². The van der Waals surface area contributed by atoms with Crippen molar-refractivity contribution in [1.82, 2.24) is 5.32 Å². The Kier molecular flexibility index (Phi) is 52.0. The number of aliphatic hydroxyl groups is 11. The van der Waals surface area contributed by atoms with E-state index in [1.54, 1.807) is 6.08 Å². The first-order valence-electron chi connectivity index (χ1n) is 38.2. The summed E-state index contributed by atoms with van der Waals surface area (Å²) in [5.41, 5.74) is 0. The van der Waals surface area contributed by atoms with Crippen LogP contribution in [0.15, 0.2) is 36.5 Å². The van der Waals surface area contributed by atoms with Crippen molar-refractivity contribution in [2.45, 2.75) is 407 Å². The third-order valence-corrected chi connectivity index (χ3v) is 19.2. The second kappa shape index (κ2) is 56.7. The fourth-order valence-electron chi connectivity index (χ4n) is 13.0. The van der Waals surface area contributed by atoms with Gasteiger partial charge in [0.1, 0.15) is 73.2 Å². The largest absolute Gasteiger partial charge is 0.394 e. The average Bonchev–Trinajstić information content (AvgIpc) is 0.787. The molecule has 0 spiro atoms. The maximum atomic E-state index is 13.4. The van der Waals surface area contributed by atoms with E-state index in [9.17, 15) is 61.0 Å². The fourth-order valence-corrected chi connectivity index (χ4v) is 13.0. The molecule has 19 nitrogen and oxygen atoms in total. The molecule has 12 N–H and O–H groups in total. The Morgan fingerprint density at radius 2 is 0.681 bits per heavy atom. The van der Waals surface area contributed by atoms with Gasteiger partial charge >= 0.3 is 0 Å². The fraction of sp³-hybridized carbons (Fsp3) is 0.907. The van der Waals surface area contributed by atoms with Gasteiger partial charge in [0.25, 0.3) is 0 Å². The van der Waals surface area contributed by atoms with E-state index in [2.05, 4.69) is 43.5 Å². The van der Waals surface area contributed by atoms with Gasteiger partial charge in [0.15, 0.2) is 18.9 Å². The highest BCUT2D eigenvalue weighted by Crippen LogP contribution is 2.33. The number of hydrogen-bond acceptors (Lipinski definition) is 18. The number of unbranched alkanes of at least 4 members (excludes halogenated alkanes) is 40. The molecule has 1 amide bonds. The van der Waals surface area contributed by atoms with E-state index < -0.39 is 124 Å². The van der Waals surface area contributed by atoms with E-state index in [-0.39, 0.29) is 18.9 Å². The number of amides is 1. The molecule has 17 atom stereocenters. The highest BCUT2D eigenvalue weighted by atomic mass is 16.8. The van der Waals surface area contributed by atoms with E-state index in [0.29, 0.717) is 12.8 Å². The molecule has 0 aromatic heterocycles. The Morgan fingerprint density at radius 1 is 0.372 bits per heavy atom. The lowest BCUT2D eigenvalue weighted by Gasteiger charge is -2.48. The lowest BCUT2D eigenvalue weighted by atomic mass is 9.96. The molecule has 3 fully saturated rings. The SMILES string of the molecule is CCCCCCCC/C=C/CC/C=C/CC/C=C/C(O)C(COC1OC(CO)C(OC2OC(CO)C(OC3OC(CO)C(O)C(O)C3O)C(O)C2O)C(O)C1O)NC(=O)CCCCCCCCCCCCCCCCCCCCCCCCCCCCCCCCCCC. The molecule has 0 saturated carbocycles. The van der Waals surface area contributed by atoms with Crippen LogP contribution in [0.5, 0.6) is 0 Å². The van der Waals surface area contributed by atoms with Crippen molar-refractivity contribution in [2.75, 3.05) is 26.4 Å². The lowest BCUT2D eigenvalue weighted by molar-refractivity contribution is -0.379. The Labute approximate surface area is 568 Å². The predicted octanol–water partition coefficient (Wildman–Crippen LogP) is 11.6. The molecule has 0 radical (unpaired) electrons. The molecule has 0 aromatic rings. The van der Waals surface area contributed by atoms with Crippen LogP contribution >= 0.6 is 0 Å². The molecule has 17 unspecified atom stereocenters. The van der Waals surface area contributed by atoms with Gasteiger partial charge in [-0.25, -0.2) is 0 Å². The number of nitrogens with one attached hydrogen (secondary N) is 1. The monoisotopic (exact) mass is 1340 g/mol. The van der Waals surface area contributed by atoms with Crippen LogP contribution in [0.2, 0.25) is 0 Å². The summed E-state index contributed by atoms with van der Waals surface area (Å²) in [5, 5.41) is 121. The van der Waals surface area contributed by atoms with Gasteiger partial charge in [0, 0.05) is 6.42 Å². The number of ether oxygens (including phenoxy) is 6. The first kappa shape index (κ1) is 86.2. The molecule has 0 aromatic carbocycles. The molecule has 0 aliphatic carbocycles. The summed E-state index contributed by atoms with van der Waals surface area (Å²) in [6.07, 6.45) is 41.6. The molecule has 552 valence electrons. The minimum Gasteiger partial charge on any atom is -0.394 e. The van der Waals surface area contributed by atoms with Crippen LogP contribution in [0.1, 0.15) is 303 Å². The van der Waals surface area contributed by atoms with E-state index in [1.165, 1.54) is 225 Å².